The van der Waals surface area contributed by atoms with E-state index in [2.05, 4.69) is 55.7 Å². The highest BCUT2D eigenvalue weighted by atomic mass is 35.5. The Labute approximate surface area is 296 Å². The number of carbonyl (C=O) groups is 2. The van der Waals surface area contributed by atoms with Crippen LogP contribution in [-0.2, 0) is 20.7 Å². The van der Waals surface area contributed by atoms with E-state index in [0.29, 0.717) is 54.0 Å². The molecule has 0 aromatic heterocycles. The lowest BCUT2D eigenvalue weighted by atomic mass is 9.94. The second-order valence-corrected chi connectivity index (χ2v) is 14.4. The van der Waals surface area contributed by atoms with Crippen molar-refractivity contribution in [3.05, 3.63) is 88.4 Å². The largest absolute Gasteiger partial charge is 0.492 e. The van der Waals surface area contributed by atoms with E-state index >= 15 is 0 Å². The molecule has 0 saturated carbocycles. The minimum absolute atomic E-state index is 0.0610. The average Bonchev–Trinajstić information content (AvgIpc) is 3.19. The van der Waals surface area contributed by atoms with Crippen LogP contribution in [0.15, 0.2) is 66.7 Å². The molecule has 2 heterocycles. The minimum Gasteiger partial charge on any atom is -0.492 e. The van der Waals surface area contributed by atoms with Crippen LogP contribution in [0.5, 0.6) is 11.5 Å². The normalized spacial score (nSPS) is 18.2. The lowest BCUT2D eigenvalue weighted by Gasteiger charge is -2.32. The van der Waals surface area contributed by atoms with E-state index < -0.39 is 12.2 Å². The summed E-state index contributed by atoms with van der Waals surface area (Å²) in [6.45, 7) is 11.6. The van der Waals surface area contributed by atoms with Gasteiger partial charge in [-0.3, -0.25) is 9.59 Å². The number of anilines is 1. The highest BCUT2D eigenvalue weighted by Crippen LogP contribution is 2.45. The third-order valence-electron chi connectivity index (χ3n) is 8.78. The van der Waals surface area contributed by atoms with Crippen LogP contribution in [-0.4, -0.2) is 82.3 Å². The lowest BCUT2D eigenvalue weighted by molar-refractivity contribution is -0.143. The Kier molecular flexibility index (Phi) is 13.0. The standard InChI is InChI=1S/C39H51ClN4O5/c1-39(2,3)27-44-32-17-16-29(40)25-31(32)36(49-34(38(44)46)26-35(45)43-22-20-42-21-23-43)30-14-8-15-33(37(30)47-4)48-24-10-19-41-18-9-13-28-11-6-5-7-12-28/h5-8,11-12,14-17,25,34,36,41-42H,9-10,13,18-24,26-27H2,1-4H3/t34-,36-/m0/s1. The Morgan fingerprint density at radius 3 is 2.49 bits per heavy atom. The fourth-order valence-electron chi connectivity index (χ4n) is 6.42. The number of fused-ring (bicyclic) bond motifs is 1. The number of ether oxygens (including phenoxy) is 3. The fourth-order valence-corrected chi connectivity index (χ4v) is 6.60. The molecule has 9 nitrogen and oxygen atoms in total. The summed E-state index contributed by atoms with van der Waals surface area (Å²) in [6.07, 6.45) is 1.14. The highest BCUT2D eigenvalue weighted by Gasteiger charge is 2.40. The average molecular weight is 691 g/mol. The van der Waals surface area contributed by atoms with Crippen molar-refractivity contribution in [3.8, 4) is 11.5 Å². The first-order valence-corrected chi connectivity index (χ1v) is 17.8. The molecule has 0 radical (unpaired) electrons. The monoisotopic (exact) mass is 690 g/mol. The molecule has 49 heavy (non-hydrogen) atoms. The Morgan fingerprint density at radius 1 is 1.00 bits per heavy atom. The zero-order valence-corrected chi connectivity index (χ0v) is 30.1. The molecular formula is C39H51ClN4O5. The van der Waals surface area contributed by atoms with Gasteiger partial charge < -0.3 is 34.6 Å². The third-order valence-corrected chi connectivity index (χ3v) is 9.02. The molecule has 2 amide bonds. The summed E-state index contributed by atoms with van der Waals surface area (Å²) in [7, 11) is 1.61. The SMILES string of the molecule is COc1c(OCCCNCCCc2ccccc2)cccc1[C@@H]1O[C@@H](CC(=O)N2CCNCC2)C(=O)N(CC(C)(C)C)c2ccc(Cl)cc21. The third kappa shape index (κ3) is 9.97. The molecule has 0 unspecified atom stereocenters. The quantitative estimate of drug-likeness (QED) is 0.200. The minimum atomic E-state index is -1.01. The maximum atomic E-state index is 14.4. The number of benzene rings is 3. The highest BCUT2D eigenvalue weighted by molar-refractivity contribution is 6.30. The van der Waals surface area contributed by atoms with Gasteiger partial charge in [-0.1, -0.05) is 74.8 Å². The number of para-hydroxylation sites is 1. The van der Waals surface area contributed by atoms with Crippen molar-refractivity contribution in [3.63, 3.8) is 0 Å². The molecule has 1 fully saturated rings. The summed E-state index contributed by atoms with van der Waals surface area (Å²) >= 11 is 6.60. The van der Waals surface area contributed by atoms with Gasteiger partial charge >= 0.3 is 0 Å². The Bertz CT molecular complexity index is 1540. The molecule has 0 aliphatic carbocycles. The molecular weight excluding hydrogens is 640 g/mol. The van der Waals surface area contributed by atoms with Gasteiger partial charge in [0.2, 0.25) is 5.91 Å². The Morgan fingerprint density at radius 2 is 1.76 bits per heavy atom. The first-order valence-electron chi connectivity index (χ1n) is 17.4. The first kappa shape index (κ1) is 36.6. The summed E-state index contributed by atoms with van der Waals surface area (Å²) in [5.74, 6) is 0.771. The van der Waals surface area contributed by atoms with Crippen LogP contribution in [0, 0.1) is 5.41 Å². The topological polar surface area (TPSA) is 92.4 Å². The number of halogens is 1. The predicted molar refractivity (Wildman–Crippen MR) is 195 cm³/mol. The molecule has 1 saturated heterocycles. The molecule has 3 aromatic carbocycles. The van der Waals surface area contributed by atoms with Gasteiger partial charge in [-0.15, -0.1) is 0 Å². The van der Waals surface area contributed by atoms with Gasteiger partial charge in [0.25, 0.3) is 5.91 Å². The Balaban J connectivity index is 1.35. The molecule has 3 aromatic rings. The summed E-state index contributed by atoms with van der Waals surface area (Å²) in [4.78, 5) is 31.5. The van der Waals surface area contributed by atoms with Crippen LogP contribution in [0.3, 0.4) is 0 Å². The molecule has 2 atom stereocenters. The van der Waals surface area contributed by atoms with E-state index in [1.165, 1.54) is 5.56 Å². The molecule has 2 N–H and O–H groups in total. The summed E-state index contributed by atoms with van der Waals surface area (Å²) < 4.78 is 19.0. The van der Waals surface area contributed by atoms with Crippen molar-refractivity contribution in [2.24, 2.45) is 5.41 Å². The smallest absolute Gasteiger partial charge is 0.256 e. The second-order valence-electron chi connectivity index (χ2n) is 13.9. The van der Waals surface area contributed by atoms with E-state index in [-0.39, 0.29) is 23.7 Å². The van der Waals surface area contributed by atoms with Gasteiger partial charge in [-0.25, -0.2) is 0 Å². The van der Waals surface area contributed by atoms with Gasteiger partial charge in [0, 0.05) is 54.6 Å². The van der Waals surface area contributed by atoms with Gasteiger partial charge in [0.05, 0.1) is 20.1 Å². The van der Waals surface area contributed by atoms with E-state index in [1.54, 1.807) is 23.0 Å². The molecule has 264 valence electrons. The molecule has 10 heteroatoms. The van der Waals surface area contributed by atoms with Crippen molar-refractivity contribution in [1.82, 2.24) is 15.5 Å². The number of amides is 2. The van der Waals surface area contributed by atoms with Crippen LogP contribution in [0.1, 0.15) is 62.8 Å². The number of hydrogen-bond donors (Lipinski definition) is 2. The molecule has 2 aliphatic rings. The van der Waals surface area contributed by atoms with Gasteiger partial charge in [0.1, 0.15) is 12.2 Å². The van der Waals surface area contributed by atoms with Crippen molar-refractivity contribution in [2.45, 2.75) is 58.7 Å². The van der Waals surface area contributed by atoms with Crippen molar-refractivity contribution in [1.29, 1.82) is 0 Å². The number of aryl methyl sites for hydroxylation is 1. The number of piperazine rings is 1. The van der Waals surface area contributed by atoms with Crippen molar-refractivity contribution in [2.75, 3.05) is 64.4 Å². The maximum absolute atomic E-state index is 14.4. The predicted octanol–water partition coefficient (Wildman–Crippen LogP) is 6.03. The fraction of sp³-hybridized carbons (Fsp3) is 0.487. The van der Waals surface area contributed by atoms with Gasteiger partial charge in [-0.05, 0) is 67.6 Å². The van der Waals surface area contributed by atoms with E-state index in [1.807, 2.05) is 36.4 Å². The molecule has 5 rings (SSSR count). The van der Waals surface area contributed by atoms with Gasteiger partial charge in [-0.2, -0.15) is 0 Å². The van der Waals surface area contributed by atoms with Crippen LogP contribution in [0.4, 0.5) is 5.69 Å². The van der Waals surface area contributed by atoms with Crippen LogP contribution in [0.25, 0.3) is 0 Å². The van der Waals surface area contributed by atoms with E-state index in [0.717, 1.165) is 51.0 Å². The summed E-state index contributed by atoms with van der Waals surface area (Å²) in [5.41, 5.74) is 3.27. The Hall–Kier alpha value is -3.63. The first-order chi connectivity index (χ1) is 23.6. The number of rotatable bonds is 14. The van der Waals surface area contributed by atoms with Crippen molar-refractivity contribution < 1.29 is 23.8 Å². The number of nitrogens with zero attached hydrogens (tertiary/aromatic N) is 2. The lowest BCUT2D eigenvalue weighted by Crippen LogP contribution is -2.49. The summed E-state index contributed by atoms with van der Waals surface area (Å²) in [5, 5.41) is 7.31. The zero-order valence-electron chi connectivity index (χ0n) is 29.3. The zero-order chi connectivity index (χ0) is 34.8. The number of methoxy groups -OCH3 is 1. The number of hydrogen-bond acceptors (Lipinski definition) is 7. The number of nitrogens with one attached hydrogen (secondary N) is 2. The molecule has 2 aliphatic heterocycles. The van der Waals surface area contributed by atoms with Crippen LogP contribution in [0.2, 0.25) is 5.02 Å². The molecule has 0 bridgehead atoms. The summed E-state index contributed by atoms with van der Waals surface area (Å²) in [6, 6.07) is 21.7. The number of carbonyl (C=O) groups excluding carboxylic acids is 2. The van der Waals surface area contributed by atoms with Crippen molar-refractivity contribution >= 4 is 29.1 Å². The van der Waals surface area contributed by atoms with E-state index in [4.69, 9.17) is 25.8 Å². The molecule has 0 spiro atoms. The van der Waals surface area contributed by atoms with Crippen LogP contribution < -0.4 is 25.0 Å². The van der Waals surface area contributed by atoms with Gasteiger partial charge in [0.15, 0.2) is 11.5 Å². The van der Waals surface area contributed by atoms with Crippen LogP contribution >= 0.6 is 11.6 Å². The second kappa shape index (κ2) is 17.3. The van der Waals surface area contributed by atoms with E-state index in [9.17, 15) is 9.59 Å². The maximum Gasteiger partial charge on any atom is 0.256 e.